The third kappa shape index (κ3) is 5.15. The van der Waals surface area contributed by atoms with E-state index in [0.29, 0.717) is 11.4 Å². The maximum Gasteiger partial charge on any atom is 0.343 e. The molecule has 0 bridgehead atoms. The van der Waals surface area contributed by atoms with Gasteiger partial charge in [-0.2, -0.15) is 10.4 Å². The van der Waals surface area contributed by atoms with Gasteiger partial charge in [0.15, 0.2) is 0 Å². The van der Waals surface area contributed by atoms with Gasteiger partial charge in [-0.1, -0.05) is 0 Å². The number of aryl methyl sites for hydroxylation is 1. The molecular weight excluding hydrogens is 384 g/mol. The molecule has 2 heterocycles. The normalized spacial score (nSPS) is 14.6. The van der Waals surface area contributed by atoms with Crippen molar-refractivity contribution in [3.8, 4) is 6.07 Å². The van der Waals surface area contributed by atoms with E-state index >= 15 is 0 Å². The molecule has 1 fully saturated rings. The number of carbonyl (C=O) groups is 2. The van der Waals surface area contributed by atoms with Gasteiger partial charge >= 0.3 is 5.97 Å². The van der Waals surface area contributed by atoms with Crippen molar-refractivity contribution in [1.82, 2.24) is 14.7 Å². The fourth-order valence-corrected chi connectivity index (χ4v) is 3.45. The summed E-state index contributed by atoms with van der Waals surface area (Å²) in [5, 5.41) is 15.8. The molecule has 1 amide bonds. The number of anilines is 2. The molecule has 9 heteroatoms. The van der Waals surface area contributed by atoms with E-state index in [1.54, 1.807) is 14.0 Å². The van der Waals surface area contributed by atoms with Crippen LogP contribution in [-0.4, -0.2) is 65.9 Å². The van der Waals surface area contributed by atoms with Crippen LogP contribution in [0.25, 0.3) is 0 Å². The highest BCUT2D eigenvalue weighted by Gasteiger charge is 2.21. The molecule has 1 aromatic carbocycles. The Morgan fingerprint density at radius 2 is 1.97 bits per heavy atom. The van der Waals surface area contributed by atoms with Gasteiger partial charge in [-0.15, -0.1) is 0 Å². The Morgan fingerprint density at radius 1 is 1.20 bits per heavy atom. The fourth-order valence-electron chi connectivity index (χ4n) is 3.45. The lowest BCUT2D eigenvalue weighted by atomic mass is 10.2. The molecule has 0 atom stereocenters. The second-order valence-corrected chi connectivity index (χ2v) is 7.07. The lowest BCUT2D eigenvalue weighted by Crippen LogP contribution is -2.36. The lowest BCUT2D eigenvalue weighted by Gasteiger charge is -2.23. The summed E-state index contributed by atoms with van der Waals surface area (Å²) in [6.07, 6.45) is 2.32. The number of amides is 1. The van der Waals surface area contributed by atoms with Crippen LogP contribution in [0, 0.1) is 11.3 Å². The molecule has 30 heavy (non-hydrogen) atoms. The van der Waals surface area contributed by atoms with Gasteiger partial charge in [-0.25, -0.2) is 4.79 Å². The van der Waals surface area contributed by atoms with Crippen LogP contribution in [-0.2, 0) is 16.6 Å². The number of aromatic nitrogens is 2. The number of benzene rings is 1. The zero-order valence-electron chi connectivity index (χ0n) is 17.3. The number of carbonyl (C=O) groups excluding carboxylic acids is 2. The largest absolute Gasteiger partial charge is 0.462 e. The molecule has 1 saturated heterocycles. The standard InChI is InChI=1S/C21H26N6O3/c1-3-30-21(29)18-14-23-25(2)20(18)24-19(28)15-26-9-4-10-27(12-11-26)17-7-5-16(13-22)6-8-17/h5-8,14H,3-4,9-12,15H2,1-2H3,(H,24,28). The van der Waals surface area contributed by atoms with E-state index in [1.165, 1.54) is 10.9 Å². The van der Waals surface area contributed by atoms with Crippen molar-refractivity contribution < 1.29 is 14.3 Å². The van der Waals surface area contributed by atoms with Gasteiger partial charge in [0.25, 0.3) is 0 Å². The zero-order valence-corrected chi connectivity index (χ0v) is 17.3. The topological polar surface area (TPSA) is 103 Å². The van der Waals surface area contributed by atoms with Crippen molar-refractivity contribution in [3.63, 3.8) is 0 Å². The van der Waals surface area contributed by atoms with Crippen LogP contribution in [0.15, 0.2) is 30.5 Å². The monoisotopic (exact) mass is 410 g/mol. The lowest BCUT2D eigenvalue weighted by molar-refractivity contribution is -0.117. The number of nitrogens with one attached hydrogen (secondary N) is 1. The van der Waals surface area contributed by atoms with Crippen LogP contribution in [0.1, 0.15) is 29.3 Å². The molecular formula is C21H26N6O3. The Kier molecular flexibility index (Phi) is 7.03. The molecule has 1 N–H and O–H groups in total. The van der Waals surface area contributed by atoms with Crippen LogP contribution in [0.3, 0.4) is 0 Å². The molecule has 1 aliphatic heterocycles. The summed E-state index contributed by atoms with van der Waals surface area (Å²) in [4.78, 5) is 29.0. The Bertz CT molecular complexity index is 931. The second-order valence-electron chi connectivity index (χ2n) is 7.07. The van der Waals surface area contributed by atoms with E-state index in [2.05, 4.69) is 26.3 Å². The average molecular weight is 410 g/mol. The number of nitrogens with zero attached hydrogens (tertiary/aromatic N) is 5. The minimum atomic E-state index is -0.506. The van der Waals surface area contributed by atoms with Crippen LogP contribution < -0.4 is 10.2 Å². The van der Waals surface area contributed by atoms with Gasteiger partial charge in [0.05, 0.1) is 31.0 Å². The number of esters is 1. The van der Waals surface area contributed by atoms with E-state index in [4.69, 9.17) is 10.00 Å². The van der Waals surface area contributed by atoms with Crippen LogP contribution >= 0.6 is 0 Å². The quantitative estimate of drug-likeness (QED) is 0.722. The maximum atomic E-state index is 12.6. The summed E-state index contributed by atoms with van der Waals surface area (Å²) >= 11 is 0. The first kappa shape index (κ1) is 21.3. The van der Waals surface area contributed by atoms with Crippen molar-refractivity contribution in [2.24, 2.45) is 7.05 Å². The molecule has 0 radical (unpaired) electrons. The summed E-state index contributed by atoms with van der Waals surface area (Å²) in [5.74, 6) is -0.364. The molecule has 158 valence electrons. The van der Waals surface area contributed by atoms with Crippen LogP contribution in [0.5, 0.6) is 0 Å². The van der Waals surface area contributed by atoms with E-state index in [-0.39, 0.29) is 24.6 Å². The number of hydrogen-bond donors (Lipinski definition) is 1. The molecule has 3 rings (SSSR count). The molecule has 1 aliphatic rings. The molecule has 9 nitrogen and oxygen atoms in total. The molecule has 2 aromatic rings. The van der Waals surface area contributed by atoms with E-state index < -0.39 is 5.97 Å². The third-order valence-electron chi connectivity index (χ3n) is 5.01. The molecule has 0 spiro atoms. The van der Waals surface area contributed by atoms with Crippen molar-refractivity contribution in [2.75, 3.05) is 49.5 Å². The predicted octanol–water partition coefficient (Wildman–Crippen LogP) is 1.62. The van der Waals surface area contributed by atoms with Crippen molar-refractivity contribution >= 4 is 23.4 Å². The Labute approximate surface area is 175 Å². The van der Waals surface area contributed by atoms with Gasteiger partial charge in [0, 0.05) is 38.9 Å². The Balaban J connectivity index is 1.57. The van der Waals surface area contributed by atoms with Crippen LogP contribution in [0.4, 0.5) is 11.5 Å². The first-order chi connectivity index (χ1) is 14.5. The van der Waals surface area contributed by atoms with E-state index in [1.807, 2.05) is 24.3 Å². The number of ether oxygens (including phenoxy) is 1. The molecule has 0 saturated carbocycles. The second kappa shape index (κ2) is 9.89. The molecule has 1 aromatic heterocycles. The summed E-state index contributed by atoms with van der Waals surface area (Å²) in [6, 6.07) is 9.69. The summed E-state index contributed by atoms with van der Waals surface area (Å²) in [5.41, 5.74) is 1.97. The van der Waals surface area contributed by atoms with E-state index in [9.17, 15) is 9.59 Å². The Hall–Kier alpha value is -3.38. The fraction of sp³-hybridized carbons (Fsp3) is 0.429. The minimum absolute atomic E-state index is 0.198. The SMILES string of the molecule is CCOC(=O)c1cnn(C)c1NC(=O)CN1CCCN(c2ccc(C#N)cc2)CC1. The zero-order chi connectivity index (χ0) is 21.5. The number of hydrogen-bond acceptors (Lipinski definition) is 7. The first-order valence-electron chi connectivity index (χ1n) is 9.98. The van der Waals surface area contributed by atoms with Crippen molar-refractivity contribution in [2.45, 2.75) is 13.3 Å². The van der Waals surface area contributed by atoms with Gasteiger partial charge in [-0.3, -0.25) is 14.4 Å². The average Bonchev–Trinajstić information content (AvgIpc) is 2.95. The molecule has 0 unspecified atom stereocenters. The predicted molar refractivity (Wildman–Crippen MR) is 112 cm³/mol. The number of rotatable bonds is 6. The highest BCUT2D eigenvalue weighted by molar-refractivity contribution is 6.00. The summed E-state index contributed by atoms with van der Waals surface area (Å²) in [6.45, 7) is 5.43. The van der Waals surface area contributed by atoms with Gasteiger partial charge in [-0.05, 0) is 37.6 Å². The molecule has 0 aliphatic carbocycles. The van der Waals surface area contributed by atoms with Gasteiger partial charge in [0.1, 0.15) is 11.4 Å². The van der Waals surface area contributed by atoms with Crippen molar-refractivity contribution in [3.05, 3.63) is 41.6 Å². The highest BCUT2D eigenvalue weighted by Crippen LogP contribution is 2.18. The first-order valence-corrected chi connectivity index (χ1v) is 9.98. The summed E-state index contributed by atoms with van der Waals surface area (Å²) in [7, 11) is 1.67. The van der Waals surface area contributed by atoms with Gasteiger partial charge < -0.3 is 15.0 Å². The minimum Gasteiger partial charge on any atom is -0.462 e. The smallest absolute Gasteiger partial charge is 0.343 e. The highest BCUT2D eigenvalue weighted by atomic mass is 16.5. The number of nitriles is 1. The summed E-state index contributed by atoms with van der Waals surface area (Å²) < 4.78 is 6.48. The van der Waals surface area contributed by atoms with Crippen molar-refractivity contribution in [1.29, 1.82) is 5.26 Å². The Morgan fingerprint density at radius 3 is 2.67 bits per heavy atom. The maximum absolute atomic E-state index is 12.6. The van der Waals surface area contributed by atoms with Crippen LogP contribution in [0.2, 0.25) is 0 Å². The third-order valence-corrected chi connectivity index (χ3v) is 5.01. The van der Waals surface area contributed by atoms with Gasteiger partial charge in [0.2, 0.25) is 5.91 Å². The van der Waals surface area contributed by atoms with E-state index in [0.717, 1.165) is 38.3 Å².